The first-order valence-corrected chi connectivity index (χ1v) is 8.42. The predicted octanol–water partition coefficient (Wildman–Crippen LogP) is 1.07. The number of likely N-dealkylation sites (N-methyl/N-ethyl adjacent to an activating group) is 1. The Labute approximate surface area is 128 Å². The highest BCUT2D eigenvalue weighted by molar-refractivity contribution is 5.78. The normalized spacial score (nSPS) is 30.7. The SMILES string of the molecule is CCN(CC(=O)N1CCOCC1)C1(CN)CCCC(C)C1. The average Bonchev–Trinajstić information content (AvgIpc) is 2.53. The van der Waals surface area contributed by atoms with Gasteiger partial charge in [-0.25, -0.2) is 0 Å². The van der Waals surface area contributed by atoms with Crippen molar-refractivity contribution in [3.8, 4) is 0 Å². The van der Waals surface area contributed by atoms with Crippen LogP contribution in [0.25, 0.3) is 0 Å². The summed E-state index contributed by atoms with van der Waals surface area (Å²) in [6.45, 7) is 9.27. The number of rotatable bonds is 5. The van der Waals surface area contributed by atoms with Crippen molar-refractivity contribution in [2.75, 3.05) is 45.9 Å². The van der Waals surface area contributed by atoms with Gasteiger partial charge in [0.15, 0.2) is 0 Å². The molecule has 2 rings (SSSR count). The first-order valence-electron chi connectivity index (χ1n) is 8.42. The summed E-state index contributed by atoms with van der Waals surface area (Å²) in [5.41, 5.74) is 6.17. The van der Waals surface area contributed by atoms with Crippen LogP contribution in [0.1, 0.15) is 39.5 Å². The lowest BCUT2D eigenvalue weighted by Crippen LogP contribution is -2.59. The average molecular weight is 297 g/mol. The fourth-order valence-corrected chi connectivity index (χ4v) is 3.92. The number of nitrogens with zero attached hydrogens (tertiary/aromatic N) is 2. The molecule has 1 aliphatic carbocycles. The topological polar surface area (TPSA) is 58.8 Å². The van der Waals surface area contributed by atoms with E-state index in [0.29, 0.717) is 32.2 Å². The first kappa shape index (κ1) is 16.7. The number of carbonyl (C=O) groups is 1. The van der Waals surface area contributed by atoms with E-state index in [9.17, 15) is 4.79 Å². The third kappa shape index (κ3) is 3.96. The summed E-state index contributed by atoms with van der Waals surface area (Å²) in [6, 6.07) is 0. The highest BCUT2D eigenvalue weighted by Crippen LogP contribution is 2.36. The molecule has 0 aromatic carbocycles. The molecular formula is C16H31N3O2. The molecule has 0 bridgehead atoms. The Morgan fingerprint density at radius 1 is 1.43 bits per heavy atom. The molecule has 1 aliphatic heterocycles. The van der Waals surface area contributed by atoms with Gasteiger partial charge < -0.3 is 15.4 Å². The molecule has 21 heavy (non-hydrogen) atoms. The summed E-state index contributed by atoms with van der Waals surface area (Å²) in [5.74, 6) is 0.932. The Balaban J connectivity index is 2.01. The third-order valence-corrected chi connectivity index (χ3v) is 5.19. The van der Waals surface area contributed by atoms with Gasteiger partial charge in [-0.15, -0.1) is 0 Å². The fourth-order valence-electron chi connectivity index (χ4n) is 3.92. The molecule has 1 heterocycles. The molecule has 2 fully saturated rings. The van der Waals surface area contributed by atoms with Crippen molar-refractivity contribution < 1.29 is 9.53 Å². The van der Waals surface area contributed by atoms with Gasteiger partial charge in [0.1, 0.15) is 0 Å². The van der Waals surface area contributed by atoms with Gasteiger partial charge in [-0.3, -0.25) is 9.69 Å². The zero-order valence-electron chi connectivity index (χ0n) is 13.6. The highest BCUT2D eigenvalue weighted by Gasteiger charge is 2.39. The van der Waals surface area contributed by atoms with E-state index in [1.54, 1.807) is 0 Å². The molecule has 122 valence electrons. The molecule has 0 aromatic rings. The van der Waals surface area contributed by atoms with Crippen LogP contribution >= 0.6 is 0 Å². The Kier molecular flexibility index (Phi) is 6.02. The molecule has 2 N–H and O–H groups in total. The smallest absolute Gasteiger partial charge is 0.236 e. The van der Waals surface area contributed by atoms with Crippen LogP contribution in [-0.2, 0) is 9.53 Å². The Morgan fingerprint density at radius 3 is 2.71 bits per heavy atom. The van der Waals surface area contributed by atoms with Crippen molar-refractivity contribution in [1.29, 1.82) is 0 Å². The predicted molar refractivity (Wildman–Crippen MR) is 84.1 cm³/mol. The summed E-state index contributed by atoms with van der Waals surface area (Å²) < 4.78 is 5.33. The lowest BCUT2D eigenvalue weighted by molar-refractivity contribution is -0.138. The second-order valence-corrected chi connectivity index (χ2v) is 6.64. The number of hydrogen-bond acceptors (Lipinski definition) is 4. The Morgan fingerprint density at radius 2 is 2.14 bits per heavy atom. The molecule has 1 amide bonds. The van der Waals surface area contributed by atoms with Crippen LogP contribution in [0.15, 0.2) is 0 Å². The van der Waals surface area contributed by atoms with Gasteiger partial charge in [-0.1, -0.05) is 26.7 Å². The van der Waals surface area contributed by atoms with Crippen molar-refractivity contribution in [2.45, 2.75) is 45.1 Å². The van der Waals surface area contributed by atoms with Crippen LogP contribution in [0.5, 0.6) is 0 Å². The van der Waals surface area contributed by atoms with Crippen molar-refractivity contribution >= 4 is 5.91 Å². The fraction of sp³-hybridized carbons (Fsp3) is 0.938. The molecule has 0 radical (unpaired) electrons. The molecule has 0 aromatic heterocycles. The summed E-state index contributed by atoms with van der Waals surface area (Å²) in [4.78, 5) is 16.8. The molecule has 1 saturated heterocycles. The van der Waals surface area contributed by atoms with Crippen LogP contribution in [0.3, 0.4) is 0 Å². The van der Waals surface area contributed by atoms with E-state index in [-0.39, 0.29) is 11.4 Å². The van der Waals surface area contributed by atoms with Gasteiger partial charge >= 0.3 is 0 Å². The van der Waals surface area contributed by atoms with Crippen molar-refractivity contribution in [2.24, 2.45) is 11.7 Å². The quantitative estimate of drug-likeness (QED) is 0.825. The van der Waals surface area contributed by atoms with E-state index in [4.69, 9.17) is 10.5 Å². The maximum Gasteiger partial charge on any atom is 0.236 e. The summed E-state index contributed by atoms with van der Waals surface area (Å²) in [7, 11) is 0. The maximum atomic E-state index is 12.5. The van der Waals surface area contributed by atoms with Crippen LogP contribution < -0.4 is 5.73 Å². The number of ether oxygens (including phenoxy) is 1. The minimum Gasteiger partial charge on any atom is -0.378 e. The summed E-state index contributed by atoms with van der Waals surface area (Å²) in [5, 5.41) is 0. The van der Waals surface area contributed by atoms with E-state index in [0.717, 1.165) is 32.5 Å². The Bertz CT molecular complexity index is 344. The van der Waals surface area contributed by atoms with Crippen molar-refractivity contribution in [3.63, 3.8) is 0 Å². The van der Waals surface area contributed by atoms with Crippen LogP contribution in [0, 0.1) is 5.92 Å². The lowest BCUT2D eigenvalue weighted by Gasteiger charge is -2.47. The number of carbonyl (C=O) groups excluding carboxylic acids is 1. The van der Waals surface area contributed by atoms with Crippen molar-refractivity contribution in [1.82, 2.24) is 9.80 Å². The molecule has 2 unspecified atom stereocenters. The molecule has 5 heteroatoms. The number of nitrogens with two attached hydrogens (primary N) is 1. The summed E-state index contributed by atoms with van der Waals surface area (Å²) in [6.07, 6.45) is 4.75. The van der Waals surface area contributed by atoms with Gasteiger partial charge in [-0.2, -0.15) is 0 Å². The highest BCUT2D eigenvalue weighted by atomic mass is 16.5. The van der Waals surface area contributed by atoms with Gasteiger partial charge in [0.25, 0.3) is 0 Å². The Hall–Kier alpha value is -0.650. The van der Waals surface area contributed by atoms with Crippen LogP contribution in [0.4, 0.5) is 0 Å². The second-order valence-electron chi connectivity index (χ2n) is 6.64. The molecule has 5 nitrogen and oxygen atoms in total. The number of hydrogen-bond donors (Lipinski definition) is 1. The van der Waals surface area contributed by atoms with E-state index in [1.807, 2.05) is 4.90 Å². The third-order valence-electron chi connectivity index (χ3n) is 5.19. The largest absolute Gasteiger partial charge is 0.378 e. The lowest BCUT2D eigenvalue weighted by atomic mass is 9.75. The molecule has 0 spiro atoms. The number of amides is 1. The van der Waals surface area contributed by atoms with Gasteiger partial charge in [-0.05, 0) is 25.3 Å². The van der Waals surface area contributed by atoms with Crippen LogP contribution in [0.2, 0.25) is 0 Å². The standard InChI is InChI=1S/C16H31N3O2/c1-3-19(12-15(20)18-7-9-21-10-8-18)16(13-17)6-4-5-14(2)11-16/h14H,3-13,17H2,1-2H3. The maximum absolute atomic E-state index is 12.5. The van der Waals surface area contributed by atoms with E-state index < -0.39 is 0 Å². The number of morpholine rings is 1. The monoisotopic (exact) mass is 297 g/mol. The van der Waals surface area contributed by atoms with Gasteiger partial charge in [0.2, 0.25) is 5.91 Å². The first-order chi connectivity index (χ1) is 10.1. The van der Waals surface area contributed by atoms with Crippen LogP contribution in [-0.4, -0.2) is 67.2 Å². The zero-order chi connectivity index (χ0) is 15.3. The van der Waals surface area contributed by atoms with E-state index in [1.165, 1.54) is 12.8 Å². The molecule has 2 aliphatic rings. The minimum atomic E-state index is 0.0222. The van der Waals surface area contributed by atoms with E-state index in [2.05, 4.69) is 18.7 Å². The minimum absolute atomic E-state index is 0.0222. The molecule has 2 atom stereocenters. The molecule has 1 saturated carbocycles. The van der Waals surface area contributed by atoms with Gasteiger partial charge in [0.05, 0.1) is 19.8 Å². The second kappa shape index (κ2) is 7.56. The van der Waals surface area contributed by atoms with Crippen molar-refractivity contribution in [3.05, 3.63) is 0 Å². The molecular weight excluding hydrogens is 266 g/mol. The summed E-state index contributed by atoms with van der Waals surface area (Å²) >= 11 is 0. The van der Waals surface area contributed by atoms with E-state index >= 15 is 0 Å². The van der Waals surface area contributed by atoms with Gasteiger partial charge in [0, 0.05) is 25.2 Å². The zero-order valence-corrected chi connectivity index (χ0v) is 13.6.